The fourth-order valence-corrected chi connectivity index (χ4v) is 3.06. The fraction of sp³-hybridized carbons (Fsp3) is 0.533. The van der Waals surface area contributed by atoms with Crippen LogP contribution in [0.25, 0.3) is 10.9 Å². The summed E-state index contributed by atoms with van der Waals surface area (Å²) in [4.78, 5) is 4.69. The van der Waals surface area contributed by atoms with Crippen LogP contribution in [0.2, 0.25) is 0 Å². The van der Waals surface area contributed by atoms with E-state index < -0.39 is 0 Å². The topological polar surface area (TPSA) is 61.2 Å². The highest BCUT2D eigenvalue weighted by atomic mass is 15.1. The second kappa shape index (κ2) is 5.32. The molecule has 1 aliphatic heterocycles. The number of H-pyrrole nitrogens is 1. The lowest BCUT2D eigenvalue weighted by atomic mass is 9.96. The Morgan fingerprint density at radius 2 is 2.15 bits per heavy atom. The van der Waals surface area contributed by atoms with E-state index in [1.807, 2.05) is 12.3 Å². The van der Waals surface area contributed by atoms with Gasteiger partial charge in [0.25, 0.3) is 0 Å². The molecule has 0 aliphatic carbocycles. The van der Waals surface area contributed by atoms with E-state index in [0.717, 1.165) is 34.7 Å². The molecule has 0 radical (unpaired) electrons. The van der Waals surface area contributed by atoms with Gasteiger partial charge in [0.1, 0.15) is 0 Å². The van der Waals surface area contributed by atoms with Crippen molar-refractivity contribution in [3.63, 3.8) is 0 Å². The highest BCUT2D eigenvalue weighted by molar-refractivity contribution is 5.88. The smallest absolute Gasteiger partial charge is 0.0672 e. The molecule has 0 atom stereocenters. The third kappa shape index (κ3) is 2.58. The average Bonchev–Trinajstić information content (AvgIpc) is 2.87. The van der Waals surface area contributed by atoms with E-state index in [4.69, 9.17) is 5.73 Å². The lowest BCUT2D eigenvalue weighted by Crippen LogP contribution is -2.35. The number of benzene rings is 1. The van der Waals surface area contributed by atoms with Crippen molar-refractivity contribution in [2.75, 3.05) is 44.4 Å². The summed E-state index contributed by atoms with van der Waals surface area (Å²) < 4.78 is 0. The van der Waals surface area contributed by atoms with Crippen LogP contribution in [0, 0.1) is 5.92 Å². The van der Waals surface area contributed by atoms with Crippen LogP contribution < -0.4 is 10.6 Å². The second-order valence-electron chi connectivity index (χ2n) is 6.00. The van der Waals surface area contributed by atoms with Gasteiger partial charge in [0, 0.05) is 19.0 Å². The van der Waals surface area contributed by atoms with E-state index in [1.165, 1.54) is 25.9 Å². The van der Waals surface area contributed by atoms with E-state index in [1.54, 1.807) is 0 Å². The molecule has 0 bridgehead atoms. The van der Waals surface area contributed by atoms with Gasteiger partial charge < -0.3 is 15.5 Å². The highest BCUT2D eigenvalue weighted by Crippen LogP contribution is 2.29. The van der Waals surface area contributed by atoms with Crippen molar-refractivity contribution in [2.24, 2.45) is 5.92 Å². The van der Waals surface area contributed by atoms with Gasteiger partial charge in [0.2, 0.25) is 0 Å². The molecule has 108 valence electrons. The summed E-state index contributed by atoms with van der Waals surface area (Å²) in [6.07, 6.45) is 4.35. The molecule has 3 rings (SSSR count). The zero-order valence-corrected chi connectivity index (χ0v) is 12.3. The van der Waals surface area contributed by atoms with Crippen LogP contribution in [-0.4, -0.2) is 48.8 Å². The van der Waals surface area contributed by atoms with E-state index in [-0.39, 0.29) is 0 Å². The number of nitrogens with zero attached hydrogens (tertiary/aromatic N) is 3. The summed E-state index contributed by atoms with van der Waals surface area (Å²) in [5.74, 6) is 0.757. The quantitative estimate of drug-likeness (QED) is 0.839. The molecule has 3 N–H and O–H groups in total. The van der Waals surface area contributed by atoms with Gasteiger partial charge >= 0.3 is 0 Å². The number of aromatic amines is 1. The van der Waals surface area contributed by atoms with Crippen molar-refractivity contribution in [3.05, 3.63) is 18.3 Å². The number of nitrogens with one attached hydrogen (secondary N) is 1. The first-order valence-corrected chi connectivity index (χ1v) is 7.26. The maximum Gasteiger partial charge on any atom is 0.0672 e. The molecular formula is C15H23N5. The van der Waals surface area contributed by atoms with Crippen LogP contribution in [0.4, 0.5) is 11.4 Å². The van der Waals surface area contributed by atoms with Gasteiger partial charge in [-0.15, -0.1) is 0 Å². The molecule has 2 heterocycles. The second-order valence-corrected chi connectivity index (χ2v) is 6.00. The Morgan fingerprint density at radius 3 is 2.90 bits per heavy atom. The van der Waals surface area contributed by atoms with Crippen LogP contribution in [0.5, 0.6) is 0 Å². The lowest BCUT2D eigenvalue weighted by molar-refractivity contribution is 0.222. The summed E-state index contributed by atoms with van der Waals surface area (Å²) in [6.45, 7) is 3.47. The van der Waals surface area contributed by atoms with Gasteiger partial charge in [-0.1, -0.05) is 0 Å². The van der Waals surface area contributed by atoms with Crippen molar-refractivity contribution in [3.8, 4) is 0 Å². The number of anilines is 2. The van der Waals surface area contributed by atoms with Crippen LogP contribution in [0.1, 0.15) is 12.8 Å². The summed E-state index contributed by atoms with van der Waals surface area (Å²) in [5.41, 5.74) is 9.15. The predicted octanol–water partition coefficient (Wildman–Crippen LogP) is 1.92. The van der Waals surface area contributed by atoms with Crippen molar-refractivity contribution < 1.29 is 0 Å². The Bertz CT molecular complexity index is 583. The molecule has 1 aromatic heterocycles. The van der Waals surface area contributed by atoms with Gasteiger partial charge in [-0.3, -0.25) is 5.10 Å². The monoisotopic (exact) mass is 273 g/mol. The first-order valence-electron chi connectivity index (χ1n) is 7.26. The highest BCUT2D eigenvalue weighted by Gasteiger charge is 2.19. The van der Waals surface area contributed by atoms with Gasteiger partial charge in [0.15, 0.2) is 0 Å². The van der Waals surface area contributed by atoms with Crippen molar-refractivity contribution in [1.82, 2.24) is 15.1 Å². The summed E-state index contributed by atoms with van der Waals surface area (Å²) >= 11 is 0. The summed E-state index contributed by atoms with van der Waals surface area (Å²) in [7, 11) is 4.33. The zero-order chi connectivity index (χ0) is 14.1. The van der Waals surface area contributed by atoms with E-state index in [2.05, 4.69) is 40.2 Å². The average molecular weight is 273 g/mol. The van der Waals surface area contributed by atoms with Crippen LogP contribution in [-0.2, 0) is 0 Å². The molecule has 2 aromatic rings. The maximum atomic E-state index is 6.18. The molecule has 0 saturated carbocycles. The number of likely N-dealkylation sites (tertiary alicyclic amines) is 1. The third-order valence-corrected chi connectivity index (χ3v) is 4.37. The SMILES string of the molecule is CN1CCC(CN(C)c2cc3[nH]ncc3cc2N)CC1. The summed E-state index contributed by atoms with van der Waals surface area (Å²) in [5, 5.41) is 8.14. The lowest BCUT2D eigenvalue weighted by Gasteiger charge is -2.32. The van der Waals surface area contributed by atoms with Crippen molar-refractivity contribution in [2.45, 2.75) is 12.8 Å². The number of aromatic nitrogens is 2. The molecular weight excluding hydrogens is 250 g/mol. The normalized spacial score (nSPS) is 17.7. The zero-order valence-electron chi connectivity index (χ0n) is 12.3. The van der Waals surface area contributed by atoms with Gasteiger partial charge in [0.05, 0.1) is 23.1 Å². The van der Waals surface area contributed by atoms with Crippen molar-refractivity contribution in [1.29, 1.82) is 0 Å². The van der Waals surface area contributed by atoms with Crippen LogP contribution in [0.15, 0.2) is 18.3 Å². The molecule has 1 saturated heterocycles. The minimum absolute atomic E-state index is 0.757. The maximum absolute atomic E-state index is 6.18. The Morgan fingerprint density at radius 1 is 1.40 bits per heavy atom. The Labute approximate surface area is 119 Å². The molecule has 5 nitrogen and oxygen atoms in total. The number of nitrogens with two attached hydrogens (primary N) is 1. The largest absolute Gasteiger partial charge is 0.397 e. The molecule has 0 unspecified atom stereocenters. The Kier molecular flexibility index (Phi) is 3.53. The van der Waals surface area contributed by atoms with Crippen molar-refractivity contribution >= 4 is 22.3 Å². The van der Waals surface area contributed by atoms with Gasteiger partial charge in [-0.05, 0) is 51.0 Å². The first kappa shape index (κ1) is 13.2. The van der Waals surface area contributed by atoms with Crippen LogP contribution >= 0.6 is 0 Å². The molecule has 1 fully saturated rings. The van der Waals surface area contributed by atoms with E-state index in [0.29, 0.717) is 0 Å². The molecule has 0 spiro atoms. The molecule has 1 aromatic carbocycles. The Hall–Kier alpha value is -1.75. The van der Waals surface area contributed by atoms with E-state index >= 15 is 0 Å². The predicted molar refractivity (Wildman–Crippen MR) is 84.0 cm³/mol. The minimum atomic E-state index is 0.757. The molecule has 0 amide bonds. The number of nitrogen functional groups attached to an aromatic ring is 1. The Balaban J connectivity index is 1.74. The number of fused-ring (bicyclic) bond motifs is 1. The minimum Gasteiger partial charge on any atom is -0.397 e. The summed E-state index contributed by atoms with van der Waals surface area (Å²) in [6, 6.07) is 4.10. The number of hydrogen-bond acceptors (Lipinski definition) is 4. The first-order chi connectivity index (χ1) is 9.63. The molecule has 20 heavy (non-hydrogen) atoms. The number of hydrogen-bond donors (Lipinski definition) is 2. The number of piperidine rings is 1. The van der Waals surface area contributed by atoms with Crippen LogP contribution in [0.3, 0.4) is 0 Å². The molecule has 5 heteroatoms. The standard InChI is InChI=1S/C15H23N5/c1-19-5-3-11(4-6-19)10-20(2)15-8-14-12(7-13(15)16)9-17-18-14/h7-9,11H,3-6,10,16H2,1-2H3,(H,17,18). The number of rotatable bonds is 3. The van der Waals surface area contributed by atoms with Gasteiger partial charge in [-0.25, -0.2) is 0 Å². The van der Waals surface area contributed by atoms with Gasteiger partial charge in [-0.2, -0.15) is 5.10 Å². The molecule has 1 aliphatic rings. The van der Waals surface area contributed by atoms with E-state index in [9.17, 15) is 0 Å². The third-order valence-electron chi connectivity index (χ3n) is 4.37. The fourth-order valence-electron chi connectivity index (χ4n) is 3.06.